The van der Waals surface area contributed by atoms with Crippen LogP contribution in [0.3, 0.4) is 0 Å². The molecule has 0 radical (unpaired) electrons. The standard InChI is InChI=1S/C10H11ClFNO2/c1-2-8(11)5-7-3-4-9(12)6-10(7)13(14)15/h3-4,6,8H,2,5H2,1H3. The lowest BCUT2D eigenvalue weighted by molar-refractivity contribution is -0.385. The molecule has 0 N–H and O–H groups in total. The van der Waals surface area contributed by atoms with Gasteiger partial charge >= 0.3 is 0 Å². The normalized spacial score (nSPS) is 12.5. The van der Waals surface area contributed by atoms with Crippen LogP contribution in [0.4, 0.5) is 10.1 Å². The van der Waals surface area contributed by atoms with E-state index >= 15 is 0 Å². The molecule has 0 fully saturated rings. The van der Waals surface area contributed by atoms with Crippen LogP contribution in [-0.4, -0.2) is 10.3 Å². The van der Waals surface area contributed by atoms with Crippen LogP contribution < -0.4 is 0 Å². The van der Waals surface area contributed by atoms with E-state index in [0.29, 0.717) is 12.0 Å². The zero-order chi connectivity index (χ0) is 11.4. The fraction of sp³-hybridized carbons (Fsp3) is 0.400. The third kappa shape index (κ3) is 3.16. The van der Waals surface area contributed by atoms with Gasteiger partial charge in [0.25, 0.3) is 5.69 Å². The molecule has 3 nitrogen and oxygen atoms in total. The summed E-state index contributed by atoms with van der Waals surface area (Å²) in [5, 5.41) is 10.5. The smallest absolute Gasteiger partial charge is 0.258 e. The predicted octanol–water partition coefficient (Wildman–Crippen LogP) is 3.29. The van der Waals surface area contributed by atoms with Crippen LogP contribution in [0.2, 0.25) is 0 Å². The lowest BCUT2D eigenvalue weighted by Gasteiger charge is -2.06. The van der Waals surface area contributed by atoms with E-state index in [0.717, 1.165) is 12.5 Å². The Bertz CT molecular complexity index is 370. The Hall–Kier alpha value is -1.16. The van der Waals surface area contributed by atoms with Crippen LogP contribution in [0.5, 0.6) is 0 Å². The molecule has 15 heavy (non-hydrogen) atoms. The molecule has 0 aliphatic carbocycles. The van der Waals surface area contributed by atoms with Crippen LogP contribution in [0, 0.1) is 15.9 Å². The maximum Gasteiger partial charge on any atom is 0.275 e. The average Bonchev–Trinajstić information content (AvgIpc) is 2.20. The fourth-order valence-corrected chi connectivity index (χ4v) is 1.43. The third-order valence-corrected chi connectivity index (χ3v) is 2.59. The van der Waals surface area contributed by atoms with E-state index in [4.69, 9.17) is 11.6 Å². The molecule has 0 amide bonds. The van der Waals surface area contributed by atoms with Crippen molar-refractivity contribution in [3.8, 4) is 0 Å². The molecule has 82 valence electrons. The molecule has 0 saturated carbocycles. The van der Waals surface area contributed by atoms with Crippen molar-refractivity contribution in [1.82, 2.24) is 0 Å². The Kier molecular flexibility index (Phi) is 4.03. The molecule has 0 spiro atoms. The Labute approximate surface area is 92.0 Å². The molecule has 0 bridgehead atoms. The second-order valence-corrected chi connectivity index (χ2v) is 3.86. The summed E-state index contributed by atoms with van der Waals surface area (Å²) in [7, 11) is 0. The van der Waals surface area contributed by atoms with Crippen LogP contribution in [-0.2, 0) is 6.42 Å². The van der Waals surface area contributed by atoms with E-state index in [9.17, 15) is 14.5 Å². The molecule has 0 heterocycles. The van der Waals surface area contributed by atoms with Crippen molar-refractivity contribution in [3.63, 3.8) is 0 Å². The Balaban J connectivity index is 3.01. The number of hydrogen-bond acceptors (Lipinski definition) is 2. The van der Waals surface area contributed by atoms with Crippen LogP contribution in [0.25, 0.3) is 0 Å². The van der Waals surface area contributed by atoms with Crippen molar-refractivity contribution in [3.05, 3.63) is 39.7 Å². The minimum absolute atomic E-state index is 0.158. The van der Waals surface area contributed by atoms with E-state index in [2.05, 4.69) is 0 Å². The first-order valence-corrected chi connectivity index (χ1v) is 5.05. The van der Waals surface area contributed by atoms with Crippen LogP contribution >= 0.6 is 11.6 Å². The summed E-state index contributed by atoms with van der Waals surface area (Å²) in [4.78, 5) is 10.1. The van der Waals surface area contributed by atoms with Gasteiger partial charge in [-0.05, 0) is 25.0 Å². The van der Waals surface area contributed by atoms with Gasteiger partial charge in [0.15, 0.2) is 0 Å². The van der Waals surface area contributed by atoms with Gasteiger partial charge < -0.3 is 0 Å². The van der Waals surface area contributed by atoms with E-state index in [1.54, 1.807) is 0 Å². The fourth-order valence-electron chi connectivity index (χ4n) is 1.26. The summed E-state index contributed by atoms with van der Waals surface area (Å²) in [6, 6.07) is 3.55. The molecule has 0 saturated heterocycles. The third-order valence-electron chi connectivity index (χ3n) is 2.13. The summed E-state index contributed by atoms with van der Waals surface area (Å²) in [6.45, 7) is 1.90. The van der Waals surface area contributed by atoms with Crippen molar-refractivity contribution in [2.24, 2.45) is 0 Å². The summed E-state index contributed by atoms with van der Waals surface area (Å²) in [6.07, 6.45) is 1.10. The van der Waals surface area contributed by atoms with Gasteiger partial charge in [0.1, 0.15) is 5.82 Å². The zero-order valence-corrected chi connectivity index (χ0v) is 9.00. The largest absolute Gasteiger partial charge is 0.275 e. The average molecular weight is 232 g/mol. The molecule has 1 atom stereocenters. The summed E-state index contributed by atoms with van der Waals surface area (Å²) in [5.41, 5.74) is 0.275. The number of nitrogens with zero attached hydrogens (tertiary/aromatic N) is 1. The molecule has 0 aliphatic heterocycles. The Morgan fingerprint density at radius 3 is 2.80 bits per heavy atom. The highest BCUT2D eigenvalue weighted by Crippen LogP contribution is 2.23. The van der Waals surface area contributed by atoms with Gasteiger partial charge in [0.05, 0.1) is 11.0 Å². The number of nitro benzene ring substituents is 1. The van der Waals surface area contributed by atoms with Crippen molar-refractivity contribution >= 4 is 17.3 Å². The molecule has 1 unspecified atom stereocenters. The van der Waals surface area contributed by atoms with E-state index in [1.165, 1.54) is 12.1 Å². The van der Waals surface area contributed by atoms with Gasteiger partial charge in [-0.3, -0.25) is 10.1 Å². The molecule has 5 heteroatoms. The summed E-state index contributed by atoms with van der Waals surface area (Å²) >= 11 is 5.90. The molecular weight excluding hydrogens is 221 g/mol. The zero-order valence-electron chi connectivity index (χ0n) is 8.24. The minimum atomic E-state index is -0.604. The second-order valence-electron chi connectivity index (χ2n) is 3.24. The van der Waals surface area contributed by atoms with E-state index in [1.807, 2.05) is 6.92 Å². The summed E-state index contributed by atoms with van der Waals surface area (Å²) < 4.78 is 12.8. The number of nitro groups is 1. The van der Waals surface area contributed by atoms with Crippen molar-refractivity contribution < 1.29 is 9.31 Å². The maximum atomic E-state index is 12.8. The molecule has 1 rings (SSSR count). The Morgan fingerprint density at radius 1 is 1.60 bits per heavy atom. The highest BCUT2D eigenvalue weighted by molar-refractivity contribution is 6.20. The highest BCUT2D eigenvalue weighted by Gasteiger charge is 2.16. The predicted molar refractivity (Wildman–Crippen MR) is 56.7 cm³/mol. The van der Waals surface area contributed by atoms with Crippen molar-refractivity contribution in [2.75, 3.05) is 0 Å². The van der Waals surface area contributed by atoms with Gasteiger partial charge in [-0.15, -0.1) is 11.6 Å². The van der Waals surface area contributed by atoms with E-state index in [-0.39, 0.29) is 11.1 Å². The number of alkyl halides is 1. The molecule has 1 aromatic carbocycles. The first-order chi connectivity index (χ1) is 7.04. The molecule has 0 aliphatic rings. The quantitative estimate of drug-likeness (QED) is 0.453. The van der Waals surface area contributed by atoms with Crippen molar-refractivity contribution in [2.45, 2.75) is 25.1 Å². The van der Waals surface area contributed by atoms with Crippen LogP contribution in [0.15, 0.2) is 18.2 Å². The van der Waals surface area contributed by atoms with Gasteiger partial charge in [0, 0.05) is 10.9 Å². The first-order valence-electron chi connectivity index (χ1n) is 4.61. The molecule has 1 aromatic rings. The van der Waals surface area contributed by atoms with Crippen molar-refractivity contribution in [1.29, 1.82) is 0 Å². The highest BCUT2D eigenvalue weighted by atomic mass is 35.5. The van der Waals surface area contributed by atoms with E-state index < -0.39 is 10.7 Å². The summed E-state index contributed by atoms with van der Waals surface area (Å²) in [5.74, 6) is -0.604. The minimum Gasteiger partial charge on any atom is -0.258 e. The van der Waals surface area contributed by atoms with Gasteiger partial charge in [-0.2, -0.15) is 0 Å². The lowest BCUT2D eigenvalue weighted by Crippen LogP contribution is -2.04. The first kappa shape index (κ1) is 11.9. The number of rotatable bonds is 4. The van der Waals surface area contributed by atoms with Gasteiger partial charge in [-0.25, -0.2) is 4.39 Å². The number of halogens is 2. The lowest BCUT2D eigenvalue weighted by atomic mass is 10.1. The van der Waals surface area contributed by atoms with Gasteiger partial charge in [0.2, 0.25) is 0 Å². The Morgan fingerprint density at radius 2 is 2.27 bits per heavy atom. The van der Waals surface area contributed by atoms with Gasteiger partial charge in [-0.1, -0.05) is 6.92 Å². The second kappa shape index (κ2) is 5.07. The molecule has 0 aromatic heterocycles. The SMILES string of the molecule is CCC(Cl)Cc1ccc(F)cc1[N+](=O)[O-]. The van der Waals surface area contributed by atoms with Crippen LogP contribution in [0.1, 0.15) is 18.9 Å². The monoisotopic (exact) mass is 231 g/mol. The molecular formula is C10H11ClFNO2. The maximum absolute atomic E-state index is 12.8. The topological polar surface area (TPSA) is 43.1 Å². The number of hydrogen-bond donors (Lipinski definition) is 0. The number of benzene rings is 1.